The molecule has 2 aromatic carbocycles. The third kappa shape index (κ3) is 2.67. The van der Waals surface area contributed by atoms with Crippen LogP contribution in [0.4, 0.5) is 0 Å². The van der Waals surface area contributed by atoms with Crippen molar-refractivity contribution in [2.75, 3.05) is 14.2 Å². The fourth-order valence-electron chi connectivity index (χ4n) is 2.57. The number of aliphatic hydroxyl groups is 1. The summed E-state index contributed by atoms with van der Waals surface area (Å²) in [6.07, 6.45) is -0.384. The van der Waals surface area contributed by atoms with E-state index in [0.717, 1.165) is 28.4 Å². The van der Waals surface area contributed by atoms with Crippen molar-refractivity contribution in [2.45, 2.75) is 18.6 Å². The smallest absolute Gasteiger partial charge is 0.150 e. The molecule has 1 N–H and O–H groups in total. The van der Waals surface area contributed by atoms with Gasteiger partial charge in [0.15, 0.2) is 0 Å². The molecule has 110 valence electrons. The van der Waals surface area contributed by atoms with Gasteiger partial charge in [-0.2, -0.15) is 0 Å². The lowest BCUT2D eigenvalue weighted by Gasteiger charge is -2.31. The number of rotatable bonds is 3. The number of methoxy groups -OCH3 is 2. The van der Waals surface area contributed by atoms with Gasteiger partial charge in [-0.25, -0.2) is 0 Å². The van der Waals surface area contributed by atoms with Crippen LogP contribution in [0.3, 0.4) is 0 Å². The summed E-state index contributed by atoms with van der Waals surface area (Å²) < 4.78 is 16.3. The number of hydrogen-bond donors (Lipinski definition) is 1. The molecule has 3 rings (SSSR count). The topological polar surface area (TPSA) is 47.9 Å². The minimum atomic E-state index is -0.570. The van der Waals surface area contributed by atoms with Crippen molar-refractivity contribution >= 4 is 0 Å². The molecule has 0 aromatic heterocycles. The van der Waals surface area contributed by atoms with Crippen LogP contribution in [0.25, 0.3) is 0 Å². The van der Waals surface area contributed by atoms with Crippen LogP contribution >= 0.6 is 0 Å². The number of aliphatic hydroxyl groups excluding tert-OH is 1. The predicted octanol–water partition coefficient (Wildman–Crippen LogP) is 2.74. The van der Waals surface area contributed by atoms with Gasteiger partial charge in [0, 0.05) is 12.5 Å². The Morgan fingerprint density at radius 3 is 2.33 bits per heavy atom. The summed E-state index contributed by atoms with van der Waals surface area (Å²) in [7, 11) is 3.25. The molecular formula is C17H18O4. The maximum absolute atomic E-state index is 10.3. The summed E-state index contributed by atoms with van der Waals surface area (Å²) in [5.74, 6) is 2.30. The summed E-state index contributed by atoms with van der Waals surface area (Å²) in [5.41, 5.74) is 1.92. The van der Waals surface area contributed by atoms with Gasteiger partial charge in [-0.1, -0.05) is 18.2 Å². The van der Waals surface area contributed by atoms with E-state index in [1.807, 2.05) is 42.5 Å². The third-order valence-electron chi connectivity index (χ3n) is 3.75. The molecule has 1 aliphatic rings. The average molecular weight is 286 g/mol. The monoisotopic (exact) mass is 286 g/mol. The van der Waals surface area contributed by atoms with E-state index in [-0.39, 0.29) is 6.10 Å². The van der Waals surface area contributed by atoms with Crippen LogP contribution < -0.4 is 14.2 Å². The molecule has 0 saturated heterocycles. The number of hydrogen-bond acceptors (Lipinski definition) is 4. The van der Waals surface area contributed by atoms with Crippen LogP contribution in [-0.4, -0.2) is 25.4 Å². The Morgan fingerprint density at radius 1 is 1.00 bits per heavy atom. The number of ether oxygens (including phenoxy) is 3. The Morgan fingerprint density at radius 2 is 1.67 bits per heavy atom. The van der Waals surface area contributed by atoms with Gasteiger partial charge in [0.1, 0.15) is 23.4 Å². The number of fused-ring (bicyclic) bond motifs is 1. The normalized spacial score (nSPS) is 20.3. The molecule has 0 spiro atoms. The lowest BCUT2D eigenvalue weighted by atomic mass is 9.94. The summed E-state index contributed by atoms with van der Waals surface area (Å²) >= 11 is 0. The minimum Gasteiger partial charge on any atom is -0.497 e. The maximum atomic E-state index is 10.3. The predicted molar refractivity (Wildman–Crippen MR) is 79.1 cm³/mol. The highest BCUT2D eigenvalue weighted by Gasteiger charge is 2.30. The molecular weight excluding hydrogens is 268 g/mol. The highest BCUT2D eigenvalue weighted by Crippen LogP contribution is 2.37. The highest BCUT2D eigenvalue weighted by atomic mass is 16.5. The molecule has 4 nitrogen and oxygen atoms in total. The minimum absolute atomic E-state index is 0.379. The first kappa shape index (κ1) is 13.8. The van der Waals surface area contributed by atoms with Gasteiger partial charge in [0.05, 0.1) is 20.3 Å². The Kier molecular flexibility index (Phi) is 3.71. The highest BCUT2D eigenvalue weighted by molar-refractivity contribution is 5.43. The van der Waals surface area contributed by atoms with Gasteiger partial charge in [-0.05, 0) is 29.3 Å². The fourth-order valence-corrected chi connectivity index (χ4v) is 2.57. The first-order valence-electron chi connectivity index (χ1n) is 6.87. The molecule has 2 aromatic rings. The van der Waals surface area contributed by atoms with Crippen molar-refractivity contribution in [3.05, 3.63) is 53.6 Å². The largest absolute Gasteiger partial charge is 0.497 e. The molecule has 1 aliphatic heterocycles. The molecule has 0 radical (unpaired) electrons. The van der Waals surface area contributed by atoms with Crippen LogP contribution in [0.15, 0.2) is 42.5 Å². The molecule has 0 amide bonds. The van der Waals surface area contributed by atoms with Crippen molar-refractivity contribution < 1.29 is 19.3 Å². The summed E-state index contributed by atoms with van der Waals surface area (Å²) in [5, 5.41) is 10.3. The Hall–Kier alpha value is -2.20. The Balaban J connectivity index is 1.89. The molecule has 0 aliphatic carbocycles. The standard InChI is InChI=1S/C17H18O4/c1-19-13-6-3-11(4-7-13)17-15(18)9-12-5-8-14(20-2)10-16(12)21-17/h3-8,10,15,17-18H,9H2,1-2H3/t15-,17-/m1/s1. The molecule has 0 unspecified atom stereocenters. The quantitative estimate of drug-likeness (QED) is 0.942. The van der Waals surface area contributed by atoms with Crippen molar-refractivity contribution in [3.63, 3.8) is 0 Å². The van der Waals surface area contributed by atoms with Crippen molar-refractivity contribution in [1.29, 1.82) is 0 Å². The zero-order valence-corrected chi connectivity index (χ0v) is 12.1. The number of benzene rings is 2. The first-order valence-corrected chi connectivity index (χ1v) is 6.87. The second-order valence-corrected chi connectivity index (χ2v) is 5.06. The average Bonchev–Trinajstić information content (AvgIpc) is 2.54. The van der Waals surface area contributed by atoms with Gasteiger partial charge >= 0.3 is 0 Å². The first-order chi connectivity index (χ1) is 10.2. The van der Waals surface area contributed by atoms with Gasteiger partial charge in [0.25, 0.3) is 0 Å². The summed E-state index contributed by atoms with van der Waals surface area (Å²) in [6, 6.07) is 13.2. The van der Waals surface area contributed by atoms with E-state index < -0.39 is 6.10 Å². The van der Waals surface area contributed by atoms with Crippen molar-refractivity contribution in [1.82, 2.24) is 0 Å². The van der Waals surface area contributed by atoms with Gasteiger partial charge in [0.2, 0.25) is 0 Å². The molecule has 1 heterocycles. The maximum Gasteiger partial charge on any atom is 0.150 e. The molecule has 0 bridgehead atoms. The van der Waals surface area contributed by atoms with Gasteiger partial charge in [-0.15, -0.1) is 0 Å². The van der Waals surface area contributed by atoms with E-state index >= 15 is 0 Å². The lowest BCUT2D eigenvalue weighted by Crippen LogP contribution is -2.30. The zero-order chi connectivity index (χ0) is 14.8. The van der Waals surface area contributed by atoms with Crippen LogP contribution in [0.1, 0.15) is 17.2 Å². The Labute approximate surface area is 123 Å². The van der Waals surface area contributed by atoms with Gasteiger partial charge in [-0.3, -0.25) is 0 Å². The van der Waals surface area contributed by atoms with Crippen LogP contribution in [0, 0.1) is 0 Å². The molecule has 0 fully saturated rings. The van der Waals surface area contributed by atoms with Crippen molar-refractivity contribution in [3.8, 4) is 17.2 Å². The summed E-state index contributed by atoms with van der Waals surface area (Å²) in [6.45, 7) is 0. The molecule has 0 saturated carbocycles. The summed E-state index contributed by atoms with van der Waals surface area (Å²) in [4.78, 5) is 0. The van der Waals surface area contributed by atoms with Crippen LogP contribution in [0.2, 0.25) is 0 Å². The Bertz CT molecular complexity index is 621. The lowest BCUT2D eigenvalue weighted by molar-refractivity contribution is 0.0206. The van der Waals surface area contributed by atoms with Crippen LogP contribution in [0.5, 0.6) is 17.2 Å². The fraction of sp³-hybridized carbons (Fsp3) is 0.294. The van der Waals surface area contributed by atoms with E-state index in [4.69, 9.17) is 14.2 Å². The van der Waals surface area contributed by atoms with Gasteiger partial charge < -0.3 is 19.3 Å². The van der Waals surface area contributed by atoms with E-state index in [9.17, 15) is 5.11 Å². The molecule has 2 atom stereocenters. The third-order valence-corrected chi connectivity index (χ3v) is 3.75. The second-order valence-electron chi connectivity index (χ2n) is 5.06. The van der Waals surface area contributed by atoms with E-state index in [1.54, 1.807) is 14.2 Å². The van der Waals surface area contributed by atoms with E-state index in [2.05, 4.69) is 0 Å². The van der Waals surface area contributed by atoms with E-state index in [1.165, 1.54) is 0 Å². The molecule has 21 heavy (non-hydrogen) atoms. The second kappa shape index (κ2) is 5.66. The van der Waals surface area contributed by atoms with Crippen molar-refractivity contribution in [2.24, 2.45) is 0 Å². The molecule has 4 heteroatoms. The SMILES string of the molecule is COc1ccc([C@H]2Oc3cc(OC)ccc3C[C@H]2O)cc1. The van der Waals surface area contributed by atoms with E-state index in [0.29, 0.717) is 6.42 Å². The van der Waals surface area contributed by atoms with Crippen LogP contribution in [-0.2, 0) is 6.42 Å². The zero-order valence-electron chi connectivity index (χ0n) is 12.1.